The zero-order chi connectivity index (χ0) is 16.5. The fourth-order valence-electron chi connectivity index (χ4n) is 2.22. The topological polar surface area (TPSA) is 36.9 Å². The molecular weight excluding hydrogens is 280 g/mol. The molecule has 4 nitrogen and oxygen atoms in total. The van der Waals surface area contributed by atoms with E-state index in [4.69, 9.17) is 18.9 Å². The lowest BCUT2D eigenvalue weighted by molar-refractivity contribution is -0.0640. The Bertz CT molecular complexity index is 433. The van der Waals surface area contributed by atoms with Gasteiger partial charge in [-0.3, -0.25) is 0 Å². The summed E-state index contributed by atoms with van der Waals surface area (Å²) in [5.41, 5.74) is 1.13. The van der Waals surface area contributed by atoms with E-state index in [1.54, 1.807) is 0 Å². The van der Waals surface area contributed by atoms with Gasteiger partial charge in [-0.15, -0.1) is 0 Å². The molecule has 22 heavy (non-hydrogen) atoms. The molecule has 0 fully saturated rings. The molecule has 126 valence electrons. The van der Waals surface area contributed by atoms with Crippen LogP contribution in [0.3, 0.4) is 0 Å². The second-order valence-electron chi connectivity index (χ2n) is 5.29. The fourth-order valence-corrected chi connectivity index (χ4v) is 2.22. The molecule has 3 unspecified atom stereocenters. The standard InChI is InChI=1S/C18H30O4/c1-7-13(4)17-12-16(21-14(5)19-8-2)10-11-18(17)22-15(6)20-9-3/h10-15H,7-9H2,1-6H3. The van der Waals surface area contributed by atoms with Crippen molar-refractivity contribution in [1.29, 1.82) is 0 Å². The Kier molecular flexibility index (Phi) is 8.28. The van der Waals surface area contributed by atoms with Crippen molar-refractivity contribution in [2.24, 2.45) is 0 Å². The Morgan fingerprint density at radius 1 is 0.864 bits per heavy atom. The lowest BCUT2D eigenvalue weighted by Gasteiger charge is -2.21. The highest BCUT2D eigenvalue weighted by molar-refractivity contribution is 5.42. The van der Waals surface area contributed by atoms with Gasteiger partial charge in [-0.25, -0.2) is 0 Å². The van der Waals surface area contributed by atoms with Crippen LogP contribution in [-0.4, -0.2) is 25.8 Å². The summed E-state index contributed by atoms with van der Waals surface area (Å²) in [6.07, 6.45) is 0.509. The summed E-state index contributed by atoms with van der Waals surface area (Å²) in [6, 6.07) is 5.90. The van der Waals surface area contributed by atoms with Crippen LogP contribution in [0.1, 0.15) is 59.4 Å². The Labute approximate surface area is 134 Å². The minimum atomic E-state index is -0.262. The molecule has 0 saturated carbocycles. The number of ether oxygens (including phenoxy) is 4. The molecule has 3 atom stereocenters. The lowest BCUT2D eigenvalue weighted by Crippen LogP contribution is -2.18. The number of benzene rings is 1. The van der Waals surface area contributed by atoms with Crippen LogP contribution in [0.4, 0.5) is 0 Å². The smallest absolute Gasteiger partial charge is 0.196 e. The Morgan fingerprint density at radius 2 is 1.45 bits per heavy atom. The summed E-state index contributed by atoms with van der Waals surface area (Å²) < 4.78 is 22.6. The van der Waals surface area contributed by atoms with Crippen molar-refractivity contribution in [2.75, 3.05) is 13.2 Å². The van der Waals surface area contributed by atoms with Gasteiger partial charge >= 0.3 is 0 Å². The highest BCUT2D eigenvalue weighted by atomic mass is 16.7. The number of hydrogen-bond donors (Lipinski definition) is 0. The predicted molar refractivity (Wildman–Crippen MR) is 88.6 cm³/mol. The van der Waals surface area contributed by atoms with E-state index in [2.05, 4.69) is 13.8 Å². The van der Waals surface area contributed by atoms with Crippen molar-refractivity contribution >= 4 is 0 Å². The third-order valence-electron chi connectivity index (χ3n) is 3.52. The first-order chi connectivity index (χ1) is 10.5. The van der Waals surface area contributed by atoms with E-state index in [9.17, 15) is 0 Å². The first-order valence-electron chi connectivity index (χ1n) is 8.22. The molecule has 0 radical (unpaired) electrons. The summed E-state index contributed by atoms with van der Waals surface area (Å²) >= 11 is 0. The van der Waals surface area contributed by atoms with E-state index in [0.717, 1.165) is 23.5 Å². The second-order valence-corrected chi connectivity index (χ2v) is 5.29. The fraction of sp³-hybridized carbons (Fsp3) is 0.667. The van der Waals surface area contributed by atoms with Crippen molar-refractivity contribution in [1.82, 2.24) is 0 Å². The SMILES string of the molecule is CCOC(C)Oc1ccc(OC(C)OCC)c(C(C)CC)c1. The molecule has 0 aliphatic heterocycles. The molecule has 0 spiro atoms. The monoisotopic (exact) mass is 310 g/mol. The van der Waals surface area contributed by atoms with Crippen molar-refractivity contribution in [3.63, 3.8) is 0 Å². The van der Waals surface area contributed by atoms with Crippen LogP contribution < -0.4 is 9.47 Å². The predicted octanol–water partition coefficient (Wildman–Crippen LogP) is 4.72. The largest absolute Gasteiger partial charge is 0.465 e. The van der Waals surface area contributed by atoms with E-state index in [1.807, 2.05) is 45.9 Å². The quantitative estimate of drug-likeness (QED) is 0.586. The maximum absolute atomic E-state index is 5.91. The van der Waals surface area contributed by atoms with Gasteiger partial charge in [-0.1, -0.05) is 13.8 Å². The molecular formula is C18H30O4. The van der Waals surface area contributed by atoms with Gasteiger partial charge in [-0.2, -0.15) is 0 Å². The van der Waals surface area contributed by atoms with Gasteiger partial charge in [0, 0.05) is 18.8 Å². The summed E-state index contributed by atoms with van der Waals surface area (Å²) in [4.78, 5) is 0. The van der Waals surface area contributed by atoms with E-state index in [0.29, 0.717) is 19.1 Å². The van der Waals surface area contributed by atoms with Gasteiger partial charge in [0.1, 0.15) is 11.5 Å². The number of rotatable bonds is 10. The molecule has 1 aromatic carbocycles. The molecule has 1 rings (SSSR count). The summed E-state index contributed by atoms with van der Waals surface area (Å²) in [7, 11) is 0. The van der Waals surface area contributed by atoms with Gasteiger partial charge < -0.3 is 18.9 Å². The van der Waals surface area contributed by atoms with Gasteiger partial charge in [0.2, 0.25) is 0 Å². The second kappa shape index (κ2) is 9.70. The average Bonchev–Trinajstić information content (AvgIpc) is 2.48. The zero-order valence-corrected chi connectivity index (χ0v) is 14.7. The third-order valence-corrected chi connectivity index (χ3v) is 3.52. The van der Waals surface area contributed by atoms with Crippen LogP contribution in [0, 0.1) is 0 Å². The molecule has 0 amide bonds. The summed E-state index contributed by atoms with van der Waals surface area (Å²) in [6.45, 7) is 13.3. The van der Waals surface area contributed by atoms with Crippen LogP contribution in [0.5, 0.6) is 11.5 Å². The summed E-state index contributed by atoms with van der Waals surface area (Å²) in [5, 5.41) is 0. The van der Waals surface area contributed by atoms with Crippen LogP contribution in [0.15, 0.2) is 18.2 Å². The van der Waals surface area contributed by atoms with Gasteiger partial charge in [0.25, 0.3) is 0 Å². The summed E-state index contributed by atoms with van der Waals surface area (Å²) in [5.74, 6) is 2.04. The Balaban J connectivity index is 2.92. The molecule has 0 aliphatic carbocycles. The highest BCUT2D eigenvalue weighted by Crippen LogP contribution is 2.33. The van der Waals surface area contributed by atoms with E-state index in [-0.39, 0.29) is 12.6 Å². The maximum atomic E-state index is 5.91. The molecule has 0 aromatic heterocycles. The van der Waals surface area contributed by atoms with Crippen LogP contribution in [0.2, 0.25) is 0 Å². The minimum absolute atomic E-state index is 0.260. The van der Waals surface area contributed by atoms with Gasteiger partial charge in [-0.05, 0) is 58.2 Å². The average molecular weight is 310 g/mol. The van der Waals surface area contributed by atoms with Gasteiger partial charge in [0.05, 0.1) is 0 Å². The normalized spacial score (nSPS) is 15.2. The minimum Gasteiger partial charge on any atom is -0.465 e. The van der Waals surface area contributed by atoms with E-state index < -0.39 is 0 Å². The van der Waals surface area contributed by atoms with Crippen LogP contribution in [0.25, 0.3) is 0 Å². The van der Waals surface area contributed by atoms with Gasteiger partial charge in [0.15, 0.2) is 12.6 Å². The molecule has 0 aliphatic rings. The zero-order valence-electron chi connectivity index (χ0n) is 14.7. The first kappa shape index (κ1) is 18.8. The molecule has 1 aromatic rings. The molecule has 0 saturated heterocycles. The van der Waals surface area contributed by atoms with E-state index >= 15 is 0 Å². The van der Waals surface area contributed by atoms with Crippen molar-refractivity contribution < 1.29 is 18.9 Å². The molecule has 0 heterocycles. The Morgan fingerprint density at radius 3 is 2.00 bits per heavy atom. The van der Waals surface area contributed by atoms with Crippen molar-refractivity contribution in [3.05, 3.63) is 23.8 Å². The van der Waals surface area contributed by atoms with Crippen LogP contribution in [-0.2, 0) is 9.47 Å². The van der Waals surface area contributed by atoms with E-state index in [1.165, 1.54) is 0 Å². The van der Waals surface area contributed by atoms with Crippen molar-refractivity contribution in [2.45, 2.75) is 66.5 Å². The Hall–Kier alpha value is -1.26. The van der Waals surface area contributed by atoms with Crippen molar-refractivity contribution in [3.8, 4) is 11.5 Å². The molecule has 0 N–H and O–H groups in total. The number of hydrogen-bond acceptors (Lipinski definition) is 4. The van der Waals surface area contributed by atoms with Crippen LogP contribution >= 0.6 is 0 Å². The lowest BCUT2D eigenvalue weighted by atomic mass is 9.97. The molecule has 4 heteroatoms. The highest BCUT2D eigenvalue weighted by Gasteiger charge is 2.15. The first-order valence-corrected chi connectivity index (χ1v) is 8.22. The maximum Gasteiger partial charge on any atom is 0.196 e. The molecule has 0 bridgehead atoms. The third kappa shape index (κ3) is 5.85.